The van der Waals surface area contributed by atoms with Crippen LogP contribution in [0.15, 0.2) is 78.9 Å². The summed E-state index contributed by atoms with van der Waals surface area (Å²) in [6, 6.07) is 18.8. The molecule has 2 aliphatic heterocycles. The van der Waals surface area contributed by atoms with E-state index in [-0.39, 0.29) is 16.7 Å². The van der Waals surface area contributed by atoms with Gasteiger partial charge in [-0.05, 0) is 58.2 Å². The summed E-state index contributed by atoms with van der Waals surface area (Å²) in [5, 5.41) is 14.0. The van der Waals surface area contributed by atoms with Crippen LogP contribution < -0.4 is 4.90 Å². The Bertz CT molecular complexity index is 1320. The normalized spacial score (nSPS) is 29.1. The molecule has 0 amide bonds. The van der Waals surface area contributed by atoms with Crippen LogP contribution in [-0.4, -0.2) is 11.5 Å². The first-order chi connectivity index (χ1) is 15.7. The van der Waals surface area contributed by atoms with Gasteiger partial charge in [-0.25, -0.2) is 0 Å². The number of rotatable bonds is 2. The summed E-state index contributed by atoms with van der Waals surface area (Å²) >= 11 is 0. The maximum absolute atomic E-state index is 11.2. The molecule has 0 saturated carbocycles. The second kappa shape index (κ2) is 6.55. The highest BCUT2D eigenvalue weighted by molar-refractivity contribution is 5.94. The summed E-state index contributed by atoms with van der Waals surface area (Å²) in [5.41, 5.74) is 5.75. The molecule has 4 heteroatoms. The van der Waals surface area contributed by atoms with Gasteiger partial charge >= 0.3 is 0 Å². The van der Waals surface area contributed by atoms with Crippen molar-refractivity contribution in [2.24, 2.45) is 11.8 Å². The number of hydrogen-bond acceptors (Lipinski definition) is 3. The molecule has 0 saturated heterocycles. The molecule has 0 spiro atoms. The van der Waals surface area contributed by atoms with Crippen LogP contribution in [0.5, 0.6) is 0 Å². The standard InChI is InChI=1S/C28H24N2O2/c31-30(32)20-13-11-17(12-14-20)27-24-10-4-9-23(24)26-22-7-2-1-5-18(22)15-25-21-8-3-6-19(21)16-29(27)28(25)26/h1-5,7-9,11-15,19,21,23-24,27H,6,10,16H2/t19-,21-,23+,24-,27-/m1/s1. The second-order valence-electron chi connectivity index (χ2n) is 9.70. The van der Waals surface area contributed by atoms with Gasteiger partial charge < -0.3 is 4.90 Å². The lowest BCUT2D eigenvalue weighted by molar-refractivity contribution is -0.384. The van der Waals surface area contributed by atoms with E-state index in [1.54, 1.807) is 12.1 Å². The quantitative estimate of drug-likeness (QED) is 0.265. The van der Waals surface area contributed by atoms with E-state index in [0.29, 0.717) is 23.7 Å². The summed E-state index contributed by atoms with van der Waals surface area (Å²) in [7, 11) is 0. The van der Waals surface area contributed by atoms with Crippen LogP contribution in [0.4, 0.5) is 11.4 Å². The van der Waals surface area contributed by atoms with Crippen molar-refractivity contribution < 1.29 is 4.92 Å². The van der Waals surface area contributed by atoms with Gasteiger partial charge in [0.15, 0.2) is 0 Å². The van der Waals surface area contributed by atoms with Gasteiger partial charge in [0.05, 0.1) is 11.0 Å². The predicted octanol–water partition coefficient (Wildman–Crippen LogP) is 6.64. The number of nitro benzene ring substituents is 1. The van der Waals surface area contributed by atoms with Crippen LogP contribution >= 0.6 is 0 Å². The zero-order valence-corrected chi connectivity index (χ0v) is 17.7. The van der Waals surface area contributed by atoms with E-state index < -0.39 is 0 Å². The van der Waals surface area contributed by atoms with E-state index in [4.69, 9.17) is 0 Å². The van der Waals surface area contributed by atoms with Crippen LogP contribution in [0.25, 0.3) is 10.8 Å². The van der Waals surface area contributed by atoms with E-state index in [1.807, 2.05) is 12.1 Å². The van der Waals surface area contributed by atoms with Crippen LogP contribution in [0.2, 0.25) is 0 Å². The molecule has 4 nitrogen and oxygen atoms in total. The lowest BCUT2D eigenvalue weighted by Gasteiger charge is -2.51. The van der Waals surface area contributed by atoms with Crippen LogP contribution in [0.3, 0.4) is 0 Å². The summed E-state index contributed by atoms with van der Waals surface area (Å²) < 4.78 is 0. The van der Waals surface area contributed by atoms with Gasteiger partial charge in [0.1, 0.15) is 0 Å². The predicted molar refractivity (Wildman–Crippen MR) is 127 cm³/mol. The molecule has 0 bridgehead atoms. The fourth-order valence-electron chi connectivity index (χ4n) is 6.90. The first-order valence-corrected chi connectivity index (χ1v) is 11.6. The van der Waals surface area contributed by atoms with Crippen molar-refractivity contribution in [1.29, 1.82) is 0 Å². The van der Waals surface area contributed by atoms with Crippen molar-refractivity contribution in [1.82, 2.24) is 0 Å². The van der Waals surface area contributed by atoms with Gasteiger partial charge in [0.2, 0.25) is 0 Å². The van der Waals surface area contributed by atoms with E-state index in [0.717, 1.165) is 19.4 Å². The van der Waals surface area contributed by atoms with Crippen LogP contribution in [0.1, 0.15) is 47.4 Å². The van der Waals surface area contributed by atoms with Crippen molar-refractivity contribution >= 4 is 22.1 Å². The van der Waals surface area contributed by atoms with Gasteiger partial charge in [-0.15, -0.1) is 0 Å². The number of anilines is 1. The Balaban J connectivity index is 1.49. The molecule has 0 radical (unpaired) electrons. The van der Waals surface area contributed by atoms with Crippen molar-refractivity contribution in [2.45, 2.75) is 30.7 Å². The van der Waals surface area contributed by atoms with Crippen molar-refractivity contribution in [2.75, 3.05) is 11.4 Å². The molecule has 0 unspecified atom stereocenters. The largest absolute Gasteiger partial charge is 0.363 e. The molecule has 0 fully saturated rings. The number of nitro groups is 1. The first kappa shape index (κ1) is 18.2. The lowest BCUT2D eigenvalue weighted by Crippen LogP contribution is -2.46. The van der Waals surface area contributed by atoms with Gasteiger partial charge in [-0.2, -0.15) is 0 Å². The summed E-state index contributed by atoms with van der Waals surface area (Å²) in [6.45, 7) is 1.04. The minimum Gasteiger partial charge on any atom is -0.363 e. The third-order valence-electron chi connectivity index (χ3n) is 8.19. The fraction of sp³-hybridized carbons (Fsp3) is 0.286. The maximum Gasteiger partial charge on any atom is 0.269 e. The monoisotopic (exact) mass is 420 g/mol. The van der Waals surface area contributed by atoms with Gasteiger partial charge in [0, 0.05) is 36.2 Å². The first-order valence-electron chi connectivity index (χ1n) is 11.6. The zero-order chi connectivity index (χ0) is 21.4. The van der Waals surface area contributed by atoms with E-state index in [2.05, 4.69) is 59.5 Å². The van der Waals surface area contributed by atoms with E-state index in [1.165, 1.54) is 33.2 Å². The number of allylic oxidation sites excluding steroid dienone is 4. The Kier molecular flexibility index (Phi) is 3.73. The summed E-state index contributed by atoms with van der Waals surface area (Å²) in [5.74, 6) is 1.92. The third-order valence-corrected chi connectivity index (χ3v) is 8.19. The molecule has 3 aromatic rings. The van der Waals surface area contributed by atoms with Crippen molar-refractivity contribution in [3.8, 4) is 0 Å². The Morgan fingerprint density at radius 2 is 1.72 bits per heavy atom. The average Bonchev–Trinajstić information content (AvgIpc) is 3.49. The summed E-state index contributed by atoms with van der Waals surface area (Å²) in [4.78, 5) is 13.6. The van der Waals surface area contributed by atoms with Gasteiger partial charge in [-0.3, -0.25) is 10.1 Å². The molecule has 2 aliphatic carbocycles. The molecule has 32 heavy (non-hydrogen) atoms. The number of benzene rings is 3. The maximum atomic E-state index is 11.2. The van der Waals surface area contributed by atoms with E-state index in [9.17, 15) is 10.1 Å². The molecule has 2 heterocycles. The lowest BCUT2D eigenvalue weighted by atomic mass is 9.69. The van der Waals surface area contributed by atoms with Gasteiger partial charge in [0.25, 0.3) is 5.69 Å². The van der Waals surface area contributed by atoms with E-state index >= 15 is 0 Å². The molecule has 0 N–H and O–H groups in total. The Hall–Kier alpha value is -3.40. The second-order valence-corrected chi connectivity index (χ2v) is 9.70. The van der Waals surface area contributed by atoms with Crippen molar-refractivity contribution in [3.05, 3.63) is 106 Å². The Morgan fingerprint density at radius 1 is 0.938 bits per heavy atom. The minimum absolute atomic E-state index is 0.163. The fourth-order valence-corrected chi connectivity index (χ4v) is 6.90. The highest BCUT2D eigenvalue weighted by Crippen LogP contribution is 2.60. The van der Waals surface area contributed by atoms with Gasteiger partial charge in [-0.1, -0.05) is 60.7 Å². The molecule has 3 aromatic carbocycles. The molecular weight excluding hydrogens is 396 g/mol. The molecule has 158 valence electrons. The molecule has 0 aromatic heterocycles. The topological polar surface area (TPSA) is 46.4 Å². The van der Waals surface area contributed by atoms with Crippen LogP contribution in [-0.2, 0) is 0 Å². The Labute approximate surface area is 187 Å². The minimum atomic E-state index is -0.306. The zero-order valence-electron chi connectivity index (χ0n) is 17.7. The third kappa shape index (κ3) is 2.38. The number of nitrogens with zero attached hydrogens (tertiary/aromatic N) is 2. The van der Waals surface area contributed by atoms with Crippen LogP contribution in [0, 0.1) is 22.0 Å². The molecular formula is C28H24N2O2. The highest BCUT2D eigenvalue weighted by Gasteiger charge is 2.48. The smallest absolute Gasteiger partial charge is 0.269 e. The Morgan fingerprint density at radius 3 is 2.56 bits per heavy atom. The number of hydrogen-bond donors (Lipinski definition) is 0. The molecule has 5 atom stereocenters. The highest BCUT2D eigenvalue weighted by atomic mass is 16.6. The average molecular weight is 421 g/mol. The number of fused-ring (bicyclic) bond motifs is 6. The SMILES string of the molecule is O=[N+]([O-])c1ccc([C@@H]2[C@@H]3CC=C[C@@H]3c3c4c(cc5ccccc35)[C@@H]3C=CC[C@@H]3CN42)cc1. The molecule has 4 aliphatic rings. The van der Waals surface area contributed by atoms with Crippen molar-refractivity contribution in [3.63, 3.8) is 0 Å². The number of non-ortho nitro benzene ring substituents is 1. The summed E-state index contributed by atoms with van der Waals surface area (Å²) in [6.07, 6.45) is 11.7. The molecule has 7 rings (SSSR count).